The Morgan fingerprint density at radius 3 is 2.55 bits per heavy atom. The van der Waals surface area contributed by atoms with E-state index < -0.39 is 4.92 Å². The first-order valence-corrected chi connectivity index (χ1v) is 6.63. The maximum atomic E-state index is 10.8. The number of methoxy groups -OCH3 is 2. The second-order valence-corrected chi connectivity index (χ2v) is 4.68. The summed E-state index contributed by atoms with van der Waals surface area (Å²) in [6.45, 7) is 0. The third-order valence-corrected chi connectivity index (χ3v) is 3.18. The van der Waals surface area contributed by atoms with Crippen LogP contribution in [0, 0.1) is 10.1 Å². The molecule has 114 valence electrons. The lowest BCUT2D eigenvalue weighted by molar-refractivity contribution is -0.384. The van der Waals surface area contributed by atoms with E-state index in [1.807, 2.05) is 0 Å². The number of nitro benzene ring substituents is 1. The molecule has 0 amide bonds. The van der Waals surface area contributed by atoms with Crippen LogP contribution in [0.25, 0.3) is 0 Å². The van der Waals surface area contributed by atoms with Crippen molar-refractivity contribution in [2.45, 2.75) is 0 Å². The highest BCUT2D eigenvalue weighted by molar-refractivity contribution is 6.32. The highest BCUT2D eigenvalue weighted by atomic mass is 35.5. The summed E-state index contributed by atoms with van der Waals surface area (Å²) in [5.41, 5.74) is 1.10. The number of benzene rings is 2. The third-order valence-electron chi connectivity index (χ3n) is 2.89. The number of ether oxygens (including phenoxy) is 2. The van der Waals surface area contributed by atoms with Crippen LogP contribution in [0.2, 0.25) is 5.02 Å². The van der Waals surface area contributed by atoms with Crippen LogP contribution in [0.15, 0.2) is 41.4 Å². The molecule has 0 aliphatic rings. The zero-order chi connectivity index (χ0) is 16.1. The normalized spacial score (nSPS) is 10.7. The van der Waals surface area contributed by atoms with Gasteiger partial charge in [-0.1, -0.05) is 23.7 Å². The SMILES string of the molecule is COc1cc(OC)c(N=Cc2cccc([N+](=O)[O-])c2)cc1Cl. The van der Waals surface area contributed by atoms with E-state index in [1.54, 1.807) is 24.3 Å². The van der Waals surface area contributed by atoms with Gasteiger partial charge in [0.1, 0.15) is 17.2 Å². The van der Waals surface area contributed by atoms with Gasteiger partial charge in [0.05, 0.1) is 24.2 Å². The van der Waals surface area contributed by atoms with Gasteiger partial charge in [0, 0.05) is 24.4 Å². The Balaban J connectivity index is 2.35. The van der Waals surface area contributed by atoms with E-state index in [4.69, 9.17) is 21.1 Å². The van der Waals surface area contributed by atoms with Crippen LogP contribution in [-0.2, 0) is 0 Å². The van der Waals surface area contributed by atoms with E-state index in [2.05, 4.69) is 4.99 Å². The smallest absolute Gasteiger partial charge is 0.270 e. The molecule has 7 heteroatoms. The van der Waals surface area contributed by atoms with Crippen molar-refractivity contribution in [3.8, 4) is 11.5 Å². The molecule has 0 saturated carbocycles. The van der Waals surface area contributed by atoms with Crippen molar-refractivity contribution in [2.75, 3.05) is 14.2 Å². The fraction of sp³-hybridized carbons (Fsp3) is 0.133. The Morgan fingerprint density at radius 2 is 1.91 bits per heavy atom. The van der Waals surface area contributed by atoms with Gasteiger partial charge in [-0.05, 0) is 11.6 Å². The quantitative estimate of drug-likeness (QED) is 0.474. The van der Waals surface area contributed by atoms with Gasteiger partial charge < -0.3 is 9.47 Å². The Bertz CT molecular complexity index is 731. The van der Waals surface area contributed by atoms with Gasteiger partial charge in [-0.3, -0.25) is 15.1 Å². The second-order valence-electron chi connectivity index (χ2n) is 4.27. The van der Waals surface area contributed by atoms with Gasteiger partial charge in [0.25, 0.3) is 5.69 Å². The standard InChI is InChI=1S/C15H13ClN2O4/c1-21-14-8-15(22-2)13(7-12(14)16)17-9-10-4-3-5-11(6-10)18(19)20/h3-9H,1-2H3. The molecular weight excluding hydrogens is 308 g/mol. The van der Waals surface area contributed by atoms with Crippen molar-refractivity contribution in [1.82, 2.24) is 0 Å². The first-order chi connectivity index (χ1) is 10.5. The highest BCUT2D eigenvalue weighted by Crippen LogP contribution is 2.37. The average Bonchev–Trinajstić information content (AvgIpc) is 2.53. The Hall–Kier alpha value is -2.60. The van der Waals surface area contributed by atoms with Crippen molar-refractivity contribution in [2.24, 2.45) is 4.99 Å². The molecule has 0 aliphatic heterocycles. The number of halogens is 1. The number of hydrogen-bond donors (Lipinski definition) is 0. The van der Waals surface area contributed by atoms with Crippen LogP contribution in [-0.4, -0.2) is 25.4 Å². The summed E-state index contributed by atoms with van der Waals surface area (Å²) in [5.74, 6) is 0.968. The lowest BCUT2D eigenvalue weighted by Crippen LogP contribution is -1.90. The minimum absolute atomic E-state index is 0.00341. The van der Waals surface area contributed by atoms with Crippen LogP contribution < -0.4 is 9.47 Å². The minimum Gasteiger partial charge on any atom is -0.495 e. The minimum atomic E-state index is -0.456. The summed E-state index contributed by atoms with van der Waals surface area (Å²) in [4.78, 5) is 14.6. The van der Waals surface area contributed by atoms with Crippen molar-refractivity contribution < 1.29 is 14.4 Å². The van der Waals surface area contributed by atoms with Crippen LogP contribution in [0.1, 0.15) is 5.56 Å². The summed E-state index contributed by atoms with van der Waals surface area (Å²) in [5, 5.41) is 11.2. The largest absolute Gasteiger partial charge is 0.495 e. The number of nitrogens with zero attached hydrogens (tertiary/aromatic N) is 2. The summed E-state index contributed by atoms with van der Waals surface area (Å²) < 4.78 is 10.3. The van der Waals surface area contributed by atoms with E-state index in [9.17, 15) is 10.1 Å². The first-order valence-electron chi connectivity index (χ1n) is 6.25. The molecule has 0 aliphatic carbocycles. The Morgan fingerprint density at radius 1 is 1.18 bits per heavy atom. The van der Waals surface area contributed by atoms with Gasteiger partial charge in [-0.2, -0.15) is 0 Å². The van der Waals surface area contributed by atoms with Crippen LogP contribution in [0.4, 0.5) is 11.4 Å². The summed E-state index contributed by atoms with van der Waals surface area (Å²) in [7, 11) is 3.02. The van der Waals surface area contributed by atoms with Gasteiger partial charge in [-0.25, -0.2) is 0 Å². The number of non-ortho nitro benzene ring substituents is 1. The fourth-order valence-corrected chi connectivity index (χ4v) is 2.04. The molecule has 0 bridgehead atoms. The summed E-state index contributed by atoms with van der Waals surface area (Å²) in [6, 6.07) is 9.39. The third kappa shape index (κ3) is 3.53. The zero-order valence-corrected chi connectivity index (χ0v) is 12.7. The molecule has 0 saturated heterocycles. The van der Waals surface area contributed by atoms with Crippen LogP contribution >= 0.6 is 11.6 Å². The molecular formula is C15H13ClN2O4. The molecule has 2 aromatic rings. The van der Waals surface area contributed by atoms with Gasteiger partial charge in [-0.15, -0.1) is 0 Å². The summed E-state index contributed by atoms with van der Waals surface area (Å²) in [6.07, 6.45) is 1.51. The predicted octanol–water partition coefficient (Wildman–Crippen LogP) is 4.02. The maximum Gasteiger partial charge on any atom is 0.270 e. The van der Waals surface area contributed by atoms with Crippen molar-refractivity contribution in [1.29, 1.82) is 0 Å². The Labute approximate surface area is 132 Å². The van der Waals surface area contributed by atoms with E-state index >= 15 is 0 Å². The first kappa shape index (κ1) is 15.8. The molecule has 22 heavy (non-hydrogen) atoms. The molecule has 0 radical (unpaired) electrons. The maximum absolute atomic E-state index is 10.8. The molecule has 0 unspecified atom stereocenters. The van der Waals surface area contributed by atoms with Crippen molar-refractivity contribution in [3.63, 3.8) is 0 Å². The number of rotatable bonds is 5. The van der Waals surface area contributed by atoms with E-state index in [0.717, 1.165) is 0 Å². The molecule has 0 N–H and O–H groups in total. The number of hydrogen-bond acceptors (Lipinski definition) is 5. The lowest BCUT2D eigenvalue weighted by atomic mass is 10.2. The monoisotopic (exact) mass is 320 g/mol. The second kappa shape index (κ2) is 6.91. The molecule has 0 atom stereocenters. The molecule has 0 aromatic heterocycles. The van der Waals surface area contributed by atoms with Gasteiger partial charge >= 0.3 is 0 Å². The zero-order valence-electron chi connectivity index (χ0n) is 11.9. The van der Waals surface area contributed by atoms with E-state index in [1.165, 1.54) is 32.6 Å². The molecule has 6 nitrogen and oxygen atoms in total. The van der Waals surface area contributed by atoms with Crippen LogP contribution in [0.5, 0.6) is 11.5 Å². The van der Waals surface area contributed by atoms with Crippen molar-refractivity contribution in [3.05, 3.63) is 57.1 Å². The average molecular weight is 321 g/mol. The summed E-state index contributed by atoms with van der Waals surface area (Å²) >= 11 is 6.06. The number of nitro groups is 1. The molecule has 2 rings (SSSR count). The van der Waals surface area contributed by atoms with E-state index in [-0.39, 0.29) is 5.69 Å². The molecule has 0 spiro atoms. The van der Waals surface area contributed by atoms with Gasteiger partial charge in [0.15, 0.2) is 0 Å². The highest BCUT2D eigenvalue weighted by Gasteiger charge is 2.09. The molecule has 0 fully saturated rings. The topological polar surface area (TPSA) is 74.0 Å². The van der Waals surface area contributed by atoms with Gasteiger partial charge in [0.2, 0.25) is 0 Å². The molecule has 0 heterocycles. The van der Waals surface area contributed by atoms with E-state index in [0.29, 0.717) is 27.8 Å². The number of aliphatic imine (C=N–C) groups is 1. The lowest BCUT2D eigenvalue weighted by Gasteiger charge is -2.08. The van der Waals surface area contributed by atoms with Crippen molar-refractivity contribution >= 4 is 29.2 Å². The molecule has 2 aromatic carbocycles. The predicted molar refractivity (Wildman–Crippen MR) is 84.9 cm³/mol. The van der Waals surface area contributed by atoms with Crippen LogP contribution in [0.3, 0.4) is 0 Å². The fourth-order valence-electron chi connectivity index (χ4n) is 1.81. The Kier molecular flexibility index (Phi) is 4.95.